The quantitative estimate of drug-likeness (QED) is 0.724. The Morgan fingerprint density at radius 1 is 1.30 bits per heavy atom. The van der Waals surface area contributed by atoms with Crippen LogP contribution in [-0.2, 0) is 0 Å². The van der Waals surface area contributed by atoms with Crippen LogP contribution in [0.25, 0.3) is 0 Å². The molecule has 122 valence electrons. The predicted octanol–water partition coefficient (Wildman–Crippen LogP) is 5.21. The molecule has 23 heavy (non-hydrogen) atoms. The predicted molar refractivity (Wildman–Crippen MR) is 94.8 cm³/mol. The second kappa shape index (κ2) is 6.83. The van der Waals surface area contributed by atoms with Crippen LogP contribution < -0.4 is 10.6 Å². The van der Waals surface area contributed by atoms with Crippen molar-refractivity contribution in [3.8, 4) is 0 Å². The third-order valence-electron chi connectivity index (χ3n) is 3.92. The molecule has 1 aromatic heterocycles. The lowest BCUT2D eigenvalue weighted by Crippen LogP contribution is -2.16. The van der Waals surface area contributed by atoms with Crippen LogP contribution in [-0.4, -0.2) is 16.0 Å². The molecule has 1 aliphatic rings. The first-order valence-electron chi connectivity index (χ1n) is 7.92. The number of halogens is 2. The molecule has 2 aromatic rings. The fourth-order valence-corrected chi connectivity index (χ4v) is 2.68. The van der Waals surface area contributed by atoms with Crippen LogP contribution in [0.2, 0.25) is 0 Å². The number of benzene rings is 1. The van der Waals surface area contributed by atoms with Crippen LogP contribution in [0.15, 0.2) is 28.7 Å². The monoisotopic (exact) mass is 378 g/mol. The lowest BCUT2D eigenvalue weighted by atomic mass is 10.2. The smallest absolute Gasteiger partial charge is 0.225 e. The van der Waals surface area contributed by atoms with Gasteiger partial charge >= 0.3 is 0 Å². The maximum absolute atomic E-state index is 13.2. The van der Waals surface area contributed by atoms with Gasteiger partial charge in [-0.15, -0.1) is 0 Å². The summed E-state index contributed by atoms with van der Waals surface area (Å²) in [6.07, 6.45) is 3.36. The average molecular weight is 379 g/mol. The van der Waals surface area contributed by atoms with Gasteiger partial charge in [0.25, 0.3) is 0 Å². The summed E-state index contributed by atoms with van der Waals surface area (Å²) in [5.74, 6) is 1.63. The summed E-state index contributed by atoms with van der Waals surface area (Å²) in [4.78, 5) is 9.17. The summed E-state index contributed by atoms with van der Waals surface area (Å²) in [5, 5.41) is 6.58. The van der Waals surface area contributed by atoms with Crippen molar-refractivity contribution in [1.82, 2.24) is 9.97 Å². The van der Waals surface area contributed by atoms with Crippen molar-refractivity contribution in [3.63, 3.8) is 0 Å². The lowest BCUT2D eigenvalue weighted by molar-refractivity contribution is 0.627. The van der Waals surface area contributed by atoms with Gasteiger partial charge < -0.3 is 10.6 Å². The van der Waals surface area contributed by atoms with Gasteiger partial charge in [0.05, 0.1) is 11.4 Å². The second-order valence-corrected chi connectivity index (χ2v) is 6.83. The highest BCUT2D eigenvalue weighted by Crippen LogP contribution is 2.40. The number of hydrogen-bond acceptors (Lipinski definition) is 4. The largest absolute Gasteiger partial charge is 0.352 e. The van der Waals surface area contributed by atoms with Gasteiger partial charge in [0.2, 0.25) is 5.95 Å². The summed E-state index contributed by atoms with van der Waals surface area (Å²) in [7, 11) is 0. The third-order valence-corrected chi connectivity index (χ3v) is 4.58. The van der Waals surface area contributed by atoms with Gasteiger partial charge in [-0.2, -0.15) is 4.98 Å². The molecule has 0 spiro atoms. The Kier molecular flexibility index (Phi) is 4.80. The van der Waals surface area contributed by atoms with Crippen molar-refractivity contribution < 1.29 is 4.39 Å². The van der Waals surface area contributed by atoms with E-state index < -0.39 is 0 Å². The molecule has 2 N–H and O–H groups in total. The SMILES string of the molecule is CC[C@H](C)Nc1nc(Nc2ccc(F)cc2Br)cc(C2CC2)n1. The van der Waals surface area contributed by atoms with Gasteiger partial charge in [0, 0.05) is 22.5 Å². The summed E-state index contributed by atoms with van der Waals surface area (Å²) in [6, 6.07) is 6.85. The molecular weight excluding hydrogens is 359 g/mol. The van der Waals surface area contributed by atoms with Gasteiger partial charge in [-0.25, -0.2) is 9.37 Å². The van der Waals surface area contributed by atoms with Crippen molar-refractivity contribution in [3.05, 3.63) is 40.2 Å². The van der Waals surface area contributed by atoms with E-state index in [0.717, 1.165) is 23.6 Å². The maximum Gasteiger partial charge on any atom is 0.225 e. The first kappa shape index (κ1) is 16.2. The Balaban J connectivity index is 1.87. The zero-order valence-corrected chi connectivity index (χ0v) is 14.8. The van der Waals surface area contributed by atoms with Gasteiger partial charge in [0.15, 0.2) is 0 Å². The fraction of sp³-hybridized carbons (Fsp3) is 0.412. The van der Waals surface area contributed by atoms with E-state index in [4.69, 9.17) is 0 Å². The molecule has 0 saturated heterocycles. The van der Waals surface area contributed by atoms with Crippen LogP contribution >= 0.6 is 15.9 Å². The molecule has 1 heterocycles. The molecule has 0 bridgehead atoms. The van der Waals surface area contributed by atoms with Gasteiger partial charge in [-0.05, 0) is 60.3 Å². The van der Waals surface area contributed by atoms with Crippen LogP contribution in [0.5, 0.6) is 0 Å². The molecule has 0 aliphatic heterocycles. The van der Waals surface area contributed by atoms with Crippen molar-refractivity contribution in [2.45, 2.75) is 45.1 Å². The Morgan fingerprint density at radius 2 is 2.09 bits per heavy atom. The Hall–Kier alpha value is -1.69. The van der Waals surface area contributed by atoms with E-state index in [0.29, 0.717) is 22.4 Å². The van der Waals surface area contributed by atoms with Crippen LogP contribution in [0, 0.1) is 5.82 Å². The number of anilines is 3. The average Bonchev–Trinajstić information content (AvgIpc) is 3.34. The van der Waals surface area contributed by atoms with E-state index in [1.54, 1.807) is 6.07 Å². The number of aromatic nitrogens is 2. The number of rotatable bonds is 6. The highest BCUT2D eigenvalue weighted by molar-refractivity contribution is 9.10. The zero-order valence-electron chi connectivity index (χ0n) is 13.2. The van der Waals surface area contributed by atoms with Gasteiger partial charge in [-0.3, -0.25) is 0 Å². The molecule has 1 fully saturated rings. The standard InChI is InChI=1S/C17H20BrFN4/c1-3-10(2)20-17-22-15(11-4-5-11)9-16(23-17)21-14-7-6-12(19)8-13(14)18/h6-11H,3-5H2,1-2H3,(H2,20,21,22,23)/t10-/m0/s1. The van der Waals surface area contributed by atoms with E-state index in [9.17, 15) is 4.39 Å². The highest BCUT2D eigenvalue weighted by atomic mass is 79.9. The number of nitrogens with one attached hydrogen (secondary N) is 2. The molecule has 0 amide bonds. The summed E-state index contributed by atoms with van der Waals surface area (Å²) >= 11 is 3.37. The molecule has 0 radical (unpaired) electrons. The number of nitrogens with zero attached hydrogens (tertiary/aromatic N) is 2. The first-order chi connectivity index (χ1) is 11.0. The van der Waals surface area contributed by atoms with E-state index in [1.807, 2.05) is 6.07 Å². The summed E-state index contributed by atoms with van der Waals surface area (Å²) in [5.41, 5.74) is 1.84. The highest BCUT2D eigenvalue weighted by Gasteiger charge is 2.26. The molecule has 4 nitrogen and oxygen atoms in total. The van der Waals surface area contributed by atoms with Crippen molar-refractivity contribution in [2.75, 3.05) is 10.6 Å². The van der Waals surface area contributed by atoms with Crippen molar-refractivity contribution in [2.24, 2.45) is 0 Å². The molecule has 3 rings (SSSR count). The molecule has 6 heteroatoms. The van der Waals surface area contributed by atoms with Crippen LogP contribution in [0.3, 0.4) is 0 Å². The maximum atomic E-state index is 13.2. The second-order valence-electron chi connectivity index (χ2n) is 5.98. The van der Waals surface area contributed by atoms with Gasteiger partial charge in [-0.1, -0.05) is 6.92 Å². The molecule has 1 aliphatic carbocycles. The minimum atomic E-state index is -0.275. The van der Waals surface area contributed by atoms with E-state index in [1.165, 1.54) is 25.0 Å². The Labute approximate surface area is 144 Å². The normalized spacial score (nSPS) is 15.3. The zero-order chi connectivity index (χ0) is 16.4. The minimum absolute atomic E-state index is 0.275. The summed E-state index contributed by atoms with van der Waals surface area (Å²) in [6.45, 7) is 4.23. The summed E-state index contributed by atoms with van der Waals surface area (Å²) < 4.78 is 13.9. The fourth-order valence-electron chi connectivity index (χ4n) is 2.23. The number of hydrogen-bond donors (Lipinski definition) is 2. The molecule has 1 atom stereocenters. The minimum Gasteiger partial charge on any atom is -0.352 e. The van der Waals surface area contributed by atoms with Gasteiger partial charge in [0.1, 0.15) is 11.6 Å². The first-order valence-corrected chi connectivity index (χ1v) is 8.72. The Morgan fingerprint density at radius 3 is 2.74 bits per heavy atom. The molecule has 1 saturated carbocycles. The lowest BCUT2D eigenvalue weighted by Gasteiger charge is -2.15. The van der Waals surface area contributed by atoms with Crippen LogP contribution in [0.1, 0.15) is 44.7 Å². The van der Waals surface area contributed by atoms with E-state index in [2.05, 4.69) is 50.4 Å². The van der Waals surface area contributed by atoms with E-state index >= 15 is 0 Å². The molecule has 0 unspecified atom stereocenters. The topological polar surface area (TPSA) is 49.8 Å². The van der Waals surface area contributed by atoms with E-state index in [-0.39, 0.29) is 5.82 Å². The van der Waals surface area contributed by atoms with Crippen molar-refractivity contribution >= 4 is 33.4 Å². The van der Waals surface area contributed by atoms with Crippen molar-refractivity contribution in [1.29, 1.82) is 0 Å². The molecular formula is C17H20BrFN4. The Bertz CT molecular complexity index is 703. The molecule has 1 aromatic carbocycles. The van der Waals surface area contributed by atoms with Crippen LogP contribution in [0.4, 0.5) is 21.8 Å². The third kappa shape index (κ3) is 4.19.